The molecular weight excluding hydrogens is 966 g/mol. The van der Waals surface area contributed by atoms with Gasteiger partial charge in [0.25, 0.3) is 5.91 Å². The van der Waals surface area contributed by atoms with Crippen LogP contribution in [0, 0.1) is 33.8 Å². The van der Waals surface area contributed by atoms with Crippen LogP contribution in [0.5, 0.6) is 0 Å². The van der Waals surface area contributed by atoms with Gasteiger partial charge in [0.2, 0.25) is 17.5 Å². The number of likely N-dealkylation sites (N-methyl/N-ethyl adjacent to an activating group) is 1. The van der Waals surface area contributed by atoms with Crippen LogP contribution in [-0.4, -0.2) is 149 Å². The second kappa shape index (κ2) is 26.4. The third-order valence-electron chi connectivity index (χ3n) is 13.2. The summed E-state index contributed by atoms with van der Waals surface area (Å²) in [6.45, 7) is 9.92. The van der Waals surface area contributed by atoms with Gasteiger partial charge in [-0.3, -0.25) is 39.2 Å². The molecule has 0 spiro atoms. The fourth-order valence-corrected chi connectivity index (χ4v) is 8.12. The summed E-state index contributed by atoms with van der Waals surface area (Å²) in [5, 5.41) is 47.1. The number of nitrogens with one attached hydrogen (secondary N) is 2. The van der Waals surface area contributed by atoms with Gasteiger partial charge in [0.1, 0.15) is 24.3 Å². The van der Waals surface area contributed by atoms with Crippen molar-refractivity contribution in [3.63, 3.8) is 0 Å². The van der Waals surface area contributed by atoms with Crippen molar-refractivity contribution >= 4 is 58.8 Å². The summed E-state index contributed by atoms with van der Waals surface area (Å²) in [5.74, 6) is -4.85. The fraction of sp³-hybridized carbons (Fsp3) is 0.592. The van der Waals surface area contributed by atoms with E-state index < -0.39 is 101 Å². The Labute approximate surface area is 421 Å². The number of halogens is 3. The highest BCUT2D eigenvalue weighted by Gasteiger charge is 2.61. The number of aliphatic hydroxyl groups is 2. The molecule has 0 aliphatic carbocycles. The first-order valence-electron chi connectivity index (χ1n) is 23.9. The van der Waals surface area contributed by atoms with Crippen LogP contribution in [0.25, 0.3) is 11.0 Å². The van der Waals surface area contributed by atoms with Crippen LogP contribution < -0.4 is 10.6 Å². The number of unbranched alkanes of at least 4 members (excludes halogenated alkanes) is 1. The highest BCUT2D eigenvalue weighted by atomic mass is 19.4. The first-order valence-corrected chi connectivity index (χ1v) is 23.9. The number of hydrogen-bond acceptors (Lipinski definition) is 18. The average molecular weight is 1030 g/mol. The normalized spacial score (nSPS) is 18.6. The monoisotopic (exact) mass is 1030 g/mol. The standard InChI is InChI=1S/C49H67F3N8O13/c1-28(13-20-40(72-46(66)32(5)58(7)8)31(4)44(71-33(6)62)29(2)21-24-59(9)27-61)43(64)30(3)39(63)22-25-70-47(67)37(55-45(65)34-14-16-35(17-15-34)48(26-54-48)49(50,51)52)12-10-11-23-53-36-18-19-38(60(68)69)42-41(36)56-73-57-42/h14-19,21,24,26-32,37,39-40,43-44,53,63-64H,10-13,20,22-23,25H2,1-9H3,(H,55,65)/b24-21+/t28-,29-,30-,31-,32-,37+,39+,40-,43+,44+,48?/m0/s1. The highest BCUT2D eigenvalue weighted by molar-refractivity contribution is 5.97. The van der Waals surface area contributed by atoms with Gasteiger partial charge in [-0.05, 0) is 93.1 Å². The van der Waals surface area contributed by atoms with Crippen molar-refractivity contribution in [2.45, 2.75) is 128 Å². The molecule has 2 aromatic carbocycles. The molecule has 0 saturated carbocycles. The summed E-state index contributed by atoms with van der Waals surface area (Å²) in [6, 6.07) is 5.49. The van der Waals surface area contributed by atoms with Crippen LogP contribution in [0.3, 0.4) is 0 Å². The Morgan fingerprint density at radius 2 is 1.56 bits per heavy atom. The molecule has 21 nitrogen and oxygen atoms in total. The molecule has 24 heteroatoms. The molecule has 402 valence electrons. The number of nitro benzene ring substituents is 1. The molecule has 2 heterocycles. The number of non-ortho nitro benzene ring substituents is 1. The number of fused-ring (bicyclic) bond motifs is 1. The van der Waals surface area contributed by atoms with Crippen molar-refractivity contribution in [2.75, 3.05) is 39.6 Å². The molecule has 11 atom stereocenters. The van der Waals surface area contributed by atoms with Crippen molar-refractivity contribution < 1.29 is 71.1 Å². The summed E-state index contributed by atoms with van der Waals surface area (Å²) in [5.41, 5.74) is -2.46. The van der Waals surface area contributed by atoms with E-state index in [1.807, 2.05) is 0 Å². The Bertz CT molecular complexity index is 2410. The Hall–Kier alpha value is -6.53. The predicted molar refractivity (Wildman–Crippen MR) is 260 cm³/mol. The minimum absolute atomic E-state index is 0.0333. The molecule has 0 saturated heterocycles. The number of alkyl halides is 3. The molecule has 73 heavy (non-hydrogen) atoms. The van der Waals surface area contributed by atoms with Crippen molar-refractivity contribution in [3.8, 4) is 0 Å². The molecular formula is C49H67F3N8O13. The SMILES string of the molecule is CC(=O)O[C@@H]([C@@H](C)[C@H](CC[C@H](C)[C@@H](O)[C@@H](C)[C@H](O)CCOC(=O)[C@@H](CCCCNc1ccc([N+](=O)[O-])c2nonc12)NC(=O)c1ccc(C2(C(F)(F)F)C=N2)cc1)OC(=O)[C@H](C)N(C)C)[C@@H](C)/C=C/N(C)C=O. The summed E-state index contributed by atoms with van der Waals surface area (Å²) in [4.78, 5) is 80.9. The van der Waals surface area contributed by atoms with E-state index in [0.717, 1.165) is 18.3 Å². The van der Waals surface area contributed by atoms with Gasteiger partial charge in [-0.25, -0.2) is 9.42 Å². The molecule has 4 N–H and O–H groups in total. The number of anilines is 1. The number of benzene rings is 2. The zero-order valence-electron chi connectivity index (χ0n) is 42.4. The minimum atomic E-state index is -4.67. The smallest absolute Gasteiger partial charge is 0.422 e. The third-order valence-corrected chi connectivity index (χ3v) is 13.2. The molecule has 0 fully saturated rings. The second-order valence-corrected chi connectivity index (χ2v) is 18.8. The molecule has 1 aliphatic heterocycles. The Morgan fingerprint density at radius 3 is 2.15 bits per heavy atom. The third kappa shape index (κ3) is 16.0. The molecule has 0 radical (unpaired) electrons. The first kappa shape index (κ1) is 59.0. The predicted octanol–water partition coefficient (Wildman–Crippen LogP) is 5.73. The summed E-state index contributed by atoms with van der Waals surface area (Å²) >= 11 is 0. The van der Waals surface area contributed by atoms with Gasteiger partial charge < -0.3 is 40.0 Å². The van der Waals surface area contributed by atoms with Gasteiger partial charge >= 0.3 is 29.8 Å². The van der Waals surface area contributed by atoms with Crippen LogP contribution >= 0.6 is 0 Å². The van der Waals surface area contributed by atoms with E-state index >= 15 is 0 Å². The summed E-state index contributed by atoms with van der Waals surface area (Å²) < 4.78 is 63.0. The fourth-order valence-electron chi connectivity index (χ4n) is 8.12. The number of carbonyl (C=O) groups excluding carboxylic acids is 5. The number of nitro groups is 1. The van der Waals surface area contributed by atoms with E-state index in [4.69, 9.17) is 18.8 Å². The van der Waals surface area contributed by atoms with E-state index in [9.17, 15) is 57.5 Å². The van der Waals surface area contributed by atoms with Crippen LogP contribution in [0.2, 0.25) is 0 Å². The number of carbonyl (C=O) groups is 5. The summed E-state index contributed by atoms with van der Waals surface area (Å²) in [6.07, 6.45) is -2.64. The zero-order valence-corrected chi connectivity index (χ0v) is 42.4. The van der Waals surface area contributed by atoms with Gasteiger partial charge in [0.15, 0.2) is 5.52 Å². The van der Waals surface area contributed by atoms with E-state index in [0.29, 0.717) is 37.9 Å². The quantitative estimate of drug-likeness (QED) is 0.0155. The van der Waals surface area contributed by atoms with Crippen LogP contribution in [-0.2, 0) is 38.9 Å². The molecule has 1 unspecified atom stereocenters. The molecule has 2 amide bonds. The number of esters is 3. The number of rotatable bonds is 30. The molecule has 0 bridgehead atoms. The number of nitrogens with zero attached hydrogens (tertiary/aromatic N) is 6. The Morgan fingerprint density at radius 1 is 0.904 bits per heavy atom. The Kier molecular flexibility index (Phi) is 21.4. The van der Waals surface area contributed by atoms with Gasteiger partial charge in [0.05, 0.1) is 29.4 Å². The van der Waals surface area contributed by atoms with E-state index in [1.165, 1.54) is 42.3 Å². The lowest BCUT2D eigenvalue weighted by atomic mass is 9.82. The number of hydrogen-bond donors (Lipinski definition) is 4. The average Bonchev–Trinajstić information content (AvgIpc) is 4.04. The topological polar surface area (TPSA) is 278 Å². The van der Waals surface area contributed by atoms with Crippen LogP contribution in [0.4, 0.5) is 24.5 Å². The van der Waals surface area contributed by atoms with E-state index in [-0.39, 0.29) is 53.7 Å². The number of aliphatic imine (C=N–C) groups is 1. The van der Waals surface area contributed by atoms with Crippen LogP contribution in [0.1, 0.15) is 96.0 Å². The zero-order chi connectivity index (χ0) is 54.4. The lowest BCUT2D eigenvalue weighted by Gasteiger charge is -2.35. The summed E-state index contributed by atoms with van der Waals surface area (Å²) in [7, 11) is 5.00. The number of aliphatic hydroxyl groups excluding tert-OH is 2. The number of aromatic nitrogens is 2. The van der Waals surface area contributed by atoms with Gasteiger partial charge in [0, 0.05) is 68.7 Å². The maximum absolute atomic E-state index is 13.7. The lowest BCUT2D eigenvalue weighted by Crippen LogP contribution is -2.43. The number of ether oxygens (including phenoxy) is 3. The maximum Gasteiger partial charge on any atom is 0.422 e. The van der Waals surface area contributed by atoms with Gasteiger partial charge in [-0.15, -0.1) is 0 Å². The molecule has 4 rings (SSSR count). The van der Waals surface area contributed by atoms with E-state index in [2.05, 4.69) is 25.9 Å². The highest BCUT2D eigenvalue weighted by Crippen LogP contribution is 2.48. The van der Waals surface area contributed by atoms with Crippen molar-refractivity contribution in [3.05, 3.63) is 69.9 Å². The van der Waals surface area contributed by atoms with Gasteiger partial charge in [-0.2, -0.15) is 13.2 Å². The van der Waals surface area contributed by atoms with Crippen LogP contribution in [0.15, 0.2) is 58.3 Å². The van der Waals surface area contributed by atoms with Crippen molar-refractivity contribution in [1.82, 2.24) is 25.4 Å². The second-order valence-electron chi connectivity index (χ2n) is 18.8. The first-order chi connectivity index (χ1) is 34.3. The van der Waals surface area contributed by atoms with Crippen molar-refractivity contribution in [2.24, 2.45) is 28.7 Å². The largest absolute Gasteiger partial charge is 0.464 e. The Balaban J connectivity index is 1.39. The molecule has 1 aromatic heterocycles. The number of amides is 2. The molecule has 3 aromatic rings. The maximum atomic E-state index is 13.7. The lowest BCUT2D eigenvalue weighted by molar-refractivity contribution is -0.383. The minimum Gasteiger partial charge on any atom is -0.464 e. The van der Waals surface area contributed by atoms with Crippen molar-refractivity contribution in [1.29, 1.82) is 0 Å². The molecule has 1 aliphatic rings. The van der Waals surface area contributed by atoms with E-state index in [1.54, 1.807) is 66.7 Å². The van der Waals surface area contributed by atoms with Gasteiger partial charge in [-0.1, -0.05) is 45.9 Å².